The van der Waals surface area contributed by atoms with Gasteiger partial charge in [0.25, 0.3) is 0 Å². The molecule has 0 saturated carbocycles. The highest BCUT2D eigenvalue weighted by molar-refractivity contribution is 5.85. The number of amides is 1. The molecule has 0 unspecified atom stereocenters. The predicted octanol–water partition coefficient (Wildman–Crippen LogP) is 2.31. The van der Waals surface area contributed by atoms with E-state index in [2.05, 4.69) is 10.4 Å². The van der Waals surface area contributed by atoms with Gasteiger partial charge >= 0.3 is 0 Å². The van der Waals surface area contributed by atoms with Crippen LogP contribution in [0.25, 0.3) is 5.69 Å². The topological polar surface area (TPSA) is 72.9 Å². The van der Waals surface area contributed by atoms with Crippen molar-refractivity contribution in [2.75, 3.05) is 13.1 Å². The van der Waals surface area contributed by atoms with Gasteiger partial charge in [0.15, 0.2) is 0 Å². The second-order valence-electron chi connectivity index (χ2n) is 5.42. The summed E-state index contributed by atoms with van der Waals surface area (Å²) in [6, 6.07) is 9.96. The molecule has 6 heteroatoms. The molecule has 126 valence electrons. The molecule has 0 fully saturated rings. The van der Waals surface area contributed by atoms with E-state index in [9.17, 15) is 4.79 Å². The summed E-state index contributed by atoms with van der Waals surface area (Å²) in [5, 5.41) is 7.50. The summed E-state index contributed by atoms with van der Waals surface area (Å²) in [5.74, 6) is 0.0378. The Labute approximate surface area is 143 Å². The van der Waals surface area contributed by atoms with Crippen LogP contribution in [0.2, 0.25) is 0 Å². The van der Waals surface area contributed by atoms with Crippen LogP contribution < -0.4 is 11.1 Å². The van der Waals surface area contributed by atoms with E-state index < -0.39 is 0 Å². The first kappa shape index (κ1) is 19.2. The second-order valence-corrected chi connectivity index (χ2v) is 5.42. The van der Waals surface area contributed by atoms with Crippen molar-refractivity contribution in [2.45, 2.75) is 33.1 Å². The quantitative estimate of drug-likeness (QED) is 0.762. The van der Waals surface area contributed by atoms with E-state index in [0.717, 1.165) is 35.5 Å². The van der Waals surface area contributed by atoms with Gasteiger partial charge in [-0.3, -0.25) is 4.79 Å². The van der Waals surface area contributed by atoms with Gasteiger partial charge in [0.05, 0.1) is 17.8 Å². The molecular formula is C17H25ClN4O. The molecule has 0 aliphatic carbocycles. The minimum atomic E-state index is 0. The minimum Gasteiger partial charge on any atom is -0.356 e. The molecule has 0 saturated heterocycles. The first-order valence-corrected chi connectivity index (χ1v) is 7.70. The second kappa shape index (κ2) is 9.33. The number of hydrogen-bond donors (Lipinski definition) is 2. The lowest BCUT2D eigenvalue weighted by molar-refractivity contribution is -0.120. The molecule has 0 aliphatic heterocycles. The van der Waals surface area contributed by atoms with Crippen LogP contribution in [-0.2, 0) is 11.2 Å². The maximum atomic E-state index is 12.0. The van der Waals surface area contributed by atoms with Crippen molar-refractivity contribution in [1.82, 2.24) is 15.1 Å². The van der Waals surface area contributed by atoms with Gasteiger partial charge in [-0.1, -0.05) is 18.2 Å². The van der Waals surface area contributed by atoms with E-state index >= 15 is 0 Å². The fraction of sp³-hybridized carbons (Fsp3) is 0.412. The van der Waals surface area contributed by atoms with Crippen molar-refractivity contribution in [3.8, 4) is 5.69 Å². The Morgan fingerprint density at radius 2 is 1.91 bits per heavy atom. The Morgan fingerprint density at radius 3 is 2.57 bits per heavy atom. The number of unbranched alkanes of at least 4 members (excludes halogenated alkanes) is 1. The summed E-state index contributed by atoms with van der Waals surface area (Å²) < 4.78 is 1.90. The fourth-order valence-electron chi connectivity index (χ4n) is 2.47. The molecule has 0 spiro atoms. The van der Waals surface area contributed by atoms with Crippen LogP contribution in [-0.4, -0.2) is 28.8 Å². The average molecular weight is 337 g/mol. The van der Waals surface area contributed by atoms with Gasteiger partial charge < -0.3 is 11.1 Å². The van der Waals surface area contributed by atoms with E-state index in [1.807, 2.05) is 48.9 Å². The van der Waals surface area contributed by atoms with E-state index in [1.54, 1.807) is 0 Å². The lowest BCUT2D eigenvalue weighted by Gasteiger charge is -2.06. The summed E-state index contributed by atoms with van der Waals surface area (Å²) in [5.41, 5.74) is 9.37. The van der Waals surface area contributed by atoms with Crippen LogP contribution in [0, 0.1) is 13.8 Å². The Kier molecular flexibility index (Phi) is 7.78. The number of para-hydroxylation sites is 1. The predicted molar refractivity (Wildman–Crippen MR) is 95.3 cm³/mol. The number of nitrogens with one attached hydrogen (secondary N) is 1. The normalized spacial score (nSPS) is 10.2. The highest BCUT2D eigenvalue weighted by atomic mass is 35.5. The largest absolute Gasteiger partial charge is 0.356 e. The first-order valence-electron chi connectivity index (χ1n) is 7.70. The summed E-state index contributed by atoms with van der Waals surface area (Å²) >= 11 is 0. The van der Waals surface area contributed by atoms with Gasteiger partial charge in [-0.2, -0.15) is 5.10 Å². The van der Waals surface area contributed by atoms with Gasteiger partial charge in [0, 0.05) is 17.8 Å². The number of nitrogens with two attached hydrogens (primary N) is 1. The number of aryl methyl sites for hydroxylation is 1. The molecule has 5 nitrogen and oxygen atoms in total. The highest BCUT2D eigenvalue weighted by Gasteiger charge is 2.15. The van der Waals surface area contributed by atoms with E-state index in [-0.39, 0.29) is 18.3 Å². The van der Waals surface area contributed by atoms with Crippen LogP contribution in [0.5, 0.6) is 0 Å². The SMILES string of the molecule is Cc1nn(-c2ccccc2)c(C)c1CC(=O)NCCCCN.Cl. The summed E-state index contributed by atoms with van der Waals surface area (Å²) in [4.78, 5) is 12.0. The lowest BCUT2D eigenvalue weighted by atomic mass is 10.1. The summed E-state index contributed by atoms with van der Waals surface area (Å²) in [6.45, 7) is 5.30. The van der Waals surface area contributed by atoms with Crippen LogP contribution >= 0.6 is 12.4 Å². The molecule has 1 aromatic carbocycles. The number of halogens is 1. The highest BCUT2D eigenvalue weighted by Crippen LogP contribution is 2.18. The third-order valence-corrected chi connectivity index (χ3v) is 3.73. The number of benzene rings is 1. The zero-order chi connectivity index (χ0) is 15.9. The van der Waals surface area contributed by atoms with Crippen molar-refractivity contribution in [3.05, 3.63) is 47.3 Å². The molecule has 2 rings (SSSR count). The molecule has 1 amide bonds. The van der Waals surface area contributed by atoms with Crippen molar-refractivity contribution < 1.29 is 4.79 Å². The maximum absolute atomic E-state index is 12.0. The number of rotatable bonds is 7. The Morgan fingerprint density at radius 1 is 1.22 bits per heavy atom. The van der Waals surface area contributed by atoms with E-state index in [0.29, 0.717) is 19.5 Å². The molecule has 23 heavy (non-hydrogen) atoms. The summed E-state index contributed by atoms with van der Waals surface area (Å²) in [6.07, 6.45) is 2.22. The van der Waals surface area contributed by atoms with Crippen LogP contribution in [0.3, 0.4) is 0 Å². The lowest BCUT2D eigenvalue weighted by Crippen LogP contribution is -2.26. The number of carbonyl (C=O) groups excluding carboxylic acids is 1. The van der Waals surface area contributed by atoms with E-state index in [1.165, 1.54) is 0 Å². The fourth-order valence-corrected chi connectivity index (χ4v) is 2.47. The van der Waals surface area contributed by atoms with Gasteiger partial charge in [-0.05, 0) is 45.4 Å². The Balaban J connectivity index is 0.00000264. The first-order chi connectivity index (χ1) is 10.6. The molecular weight excluding hydrogens is 312 g/mol. The maximum Gasteiger partial charge on any atom is 0.224 e. The van der Waals surface area contributed by atoms with E-state index in [4.69, 9.17) is 5.73 Å². The summed E-state index contributed by atoms with van der Waals surface area (Å²) in [7, 11) is 0. The number of carbonyl (C=O) groups is 1. The van der Waals surface area contributed by atoms with Gasteiger partial charge in [-0.15, -0.1) is 12.4 Å². The third kappa shape index (κ3) is 5.08. The smallest absolute Gasteiger partial charge is 0.224 e. The molecule has 0 radical (unpaired) electrons. The van der Waals surface area contributed by atoms with Gasteiger partial charge in [0.1, 0.15) is 0 Å². The molecule has 2 aromatic rings. The van der Waals surface area contributed by atoms with Crippen molar-refractivity contribution >= 4 is 18.3 Å². The van der Waals surface area contributed by atoms with Crippen LogP contribution in [0.4, 0.5) is 0 Å². The molecule has 1 aromatic heterocycles. The monoisotopic (exact) mass is 336 g/mol. The zero-order valence-corrected chi connectivity index (χ0v) is 14.5. The third-order valence-electron chi connectivity index (χ3n) is 3.73. The van der Waals surface area contributed by atoms with Crippen LogP contribution in [0.15, 0.2) is 30.3 Å². The Hall–Kier alpha value is -1.85. The number of nitrogens with zero attached hydrogens (tertiary/aromatic N) is 2. The standard InChI is InChI=1S/C17H24N4O.ClH/c1-13-16(12-17(22)19-11-7-6-10-18)14(2)21(20-13)15-8-4-3-5-9-15;/h3-5,8-9H,6-7,10-12,18H2,1-2H3,(H,19,22);1H. The average Bonchev–Trinajstić information content (AvgIpc) is 2.80. The van der Waals surface area contributed by atoms with Crippen LogP contribution in [0.1, 0.15) is 29.8 Å². The van der Waals surface area contributed by atoms with Crippen molar-refractivity contribution in [2.24, 2.45) is 5.73 Å². The van der Waals surface area contributed by atoms with Gasteiger partial charge in [-0.25, -0.2) is 4.68 Å². The zero-order valence-electron chi connectivity index (χ0n) is 13.7. The Bertz CT molecular complexity index is 625. The number of hydrogen-bond acceptors (Lipinski definition) is 3. The number of aromatic nitrogens is 2. The molecule has 0 atom stereocenters. The van der Waals surface area contributed by atoms with Crippen molar-refractivity contribution in [1.29, 1.82) is 0 Å². The minimum absolute atomic E-state index is 0. The molecule has 0 aliphatic rings. The van der Waals surface area contributed by atoms with Crippen molar-refractivity contribution in [3.63, 3.8) is 0 Å². The molecule has 0 bridgehead atoms. The molecule has 3 N–H and O–H groups in total. The van der Waals surface area contributed by atoms with Gasteiger partial charge in [0.2, 0.25) is 5.91 Å². The molecule has 1 heterocycles.